The lowest BCUT2D eigenvalue weighted by atomic mass is 9.88. The zero-order valence-corrected chi connectivity index (χ0v) is 27.4. The van der Waals surface area contributed by atoms with Gasteiger partial charge < -0.3 is 10.2 Å². The summed E-state index contributed by atoms with van der Waals surface area (Å²) in [6, 6.07) is 53.3. The third-order valence-corrected chi connectivity index (χ3v) is 9.87. The summed E-state index contributed by atoms with van der Waals surface area (Å²) in [7, 11) is 0. The fourth-order valence-corrected chi connectivity index (χ4v) is 7.26. The van der Waals surface area contributed by atoms with Gasteiger partial charge in [0.15, 0.2) is 0 Å². The molecule has 50 heavy (non-hydrogen) atoms. The third-order valence-electron chi connectivity index (χ3n) is 9.87. The molecule has 0 unspecified atom stereocenters. The van der Waals surface area contributed by atoms with Crippen molar-refractivity contribution in [2.75, 3.05) is 4.90 Å². The molecule has 0 radical (unpaired) electrons. The molecule has 2 aliphatic rings. The maximum atomic E-state index is 14.5. The molecule has 1 fully saturated rings. The van der Waals surface area contributed by atoms with Gasteiger partial charge >= 0.3 is 0 Å². The standard InChI is InChI=1S/C46H34FN3/c47-36-24-27-40-35(28-36)29-41(32-20-21-32)49-46(40)44(33-12-2-1-3-13-33)45(48)34-22-25-37(26-23-34)50(42-18-8-14-30-10-4-6-16-38(30)42)43-19-9-15-31-11-5-7-17-39(31)43/h1-19,22-29,32,48-49H,20-21H2/b46-44-,48-45?. The number of halogens is 1. The second kappa shape index (κ2) is 12.3. The molecule has 1 aliphatic heterocycles. The number of hydrogen-bond donors (Lipinski definition) is 2. The molecule has 0 aromatic heterocycles. The predicted molar refractivity (Wildman–Crippen MR) is 206 cm³/mol. The largest absolute Gasteiger partial charge is 0.358 e. The Bertz CT molecular complexity index is 2400. The molecule has 240 valence electrons. The molecular weight excluding hydrogens is 614 g/mol. The molecule has 0 atom stereocenters. The van der Waals surface area contributed by atoms with Gasteiger partial charge in [0.25, 0.3) is 0 Å². The van der Waals surface area contributed by atoms with Gasteiger partial charge in [-0.1, -0.05) is 115 Å². The molecule has 3 nitrogen and oxygen atoms in total. The van der Waals surface area contributed by atoms with Crippen LogP contribution in [0.1, 0.15) is 35.1 Å². The molecule has 9 rings (SSSR count). The van der Waals surface area contributed by atoms with E-state index in [2.05, 4.69) is 125 Å². The maximum Gasteiger partial charge on any atom is 0.123 e. The van der Waals surface area contributed by atoms with Crippen LogP contribution in [0.4, 0.5) is 21.5 Å². The number of nitrogens with one attached hydrogen (secondary N) is 2. The van der Waals surface area contributed by atoms with Gasteiger partial charge in [-0.3, -0.25) is 5.41 Å². The molecule has 0 amide bonds. The first-order chi connectivity index (χ1) is 24.6. The minimum absolute atomic E-state index is 0.259. The summed E-state index contributed by atoms with van der Waals surface area (Å²) < 4.78 is 14.5. The highest BCUT2D eigenvalue weighted by molar-refractivity contribution is 6.36. The first-order valence-corrected chi connectivity index (χ1v) is 17.2. The Hall–Kier alpha value is -6.26. The van der Waals surface area contributed by atoms with E-state index in [1.807, 2.05) is 36.4 Å². The van der Waals surface area contributed by atoms with Gasteiger partial charge in [-0.05, 0) is 89.2 Å². The molecule has 4 heteroatoms. The van der Waals surface area contributed by atoms with Gasteiger partial charge in [-0.25, -0.2) is 4.39 Å². The Morgan fingerprint density at radius 2 is 1.22 bits per heavy atom. The molecular formula is C46H34FN3. The van der Waals surface area contributed by atoms with Crippen LogP contribution in [0.2, 0.25) is 0 Å². The van der Waals surface area contributed by atoms with E-state index in [-0.39, 0.29) is 5.82 Å². The monoisotopic (exact) mass is 647 g/mol. The zero-order valence-electron chi connectivity index (χ0n) is 27.4. The van der Waals surface area contributed by atoms with Crippen LogP contribution in [0.25, 0.3) is 38.9 Å². The summed E-state index contributed by atoms with van der Waals surface area (Å²) in [6.07, 6.45) is 4.30. The second-order valence-electron chi connectivity index (χ2n) is 13.1. The minimum atomic E-state index is -0.259. The number of allylic oxidation sites excluding steroid dienone is 2. The van der Waals surface area contributed by atoms with E-state index in [4.69, 9.17) is 0 Å². The molecule has 0 bridgehead atoms. The van der Waals surface area contributed by atoms with Crippen LogP contribution in [-0.4, -0.2) is 5.71 Å². The Morgan fingerprint density at radius 1 is 0.620 bits per heavy atom. The van der Waals surface area contributed by atoms with Crippen molar-refractivity contribution in [3.63, 3.8) is 0 Å². The van der Waals surface area contributed by atoms with Crippen LogP contribution in [-0.2, 0) is 0 Å². The first kappa shape index (κ1) is 29.8. The smallest absolute Gasteiger partial charge is 0.123 e. The lowest BCUT2D eigenvalue weighted by Crippen LogP contribution is -2.22. The Balaban J connectivity index is 1.19. The Kier molecular flexibility index (Phi) is 7.35. The molecule has 0 saturated heterocycles. The van der Waals surface area contributed by atoms with Crippen molar-refractivity contribution in [1.29, 1.82) is 5.41 Å². The average molecular weight is 648 g/mol. The average Bonchev–Trinajstić information content (AvgIpc) is 4.02. The predicted octanol–water partition coefficient (Wildman–Crippen LogP) is 11.9. The third kappa shape index (κ3) is 5.36. The number of benzene rings is 7. The highest BCUT2D eigenvalue weighted by Crippen LogP contribution is 2.44. The number of hydrogen-bond acceptors (Lipinski definition) is 3. The van der Waals surface area contributed by atoms with E-state index in [1.54, 1.807) is 6.07 Å². The summed E-state index contributed by atoms with van der Waals surface area (Å²) in [6.45, 7) is 0. The molecule has 7 aromatic rings. The van der Waals surface area contributed by atoms with Crippen LogP contribution in [0.15, 0.2) is 163 Å². The van der Waals surface area contributed by atoms with Crippen LogP contribution in [0, 0.1) is 17.1 Å². The van der Waals surface area contributed by atoms with E-state index in [9.17, 15) is 9.80 Å². The number of fused-ring (bicyclic) bond motifs is 3. The highest BCUT2D eigenvalue weighted by atomic mass is 19.1. The van der Waals surface area contributed by atoms with Crippen molar-refractivity contribution in [2.45, 2.75) is 12.8 Å². The molecule has 1 aliphatic carbocycles. The van der Waals surface area contributed by atoms with Crippen LogP contribution < -0.4 is 10.2 Å². The van der Waals surface area contributed by atoms with Crippen molar-refractivity contribution in [3.05, 3.63) is 191 Å². The Morgan fingerprint density at radius 3 is 1.86 bits per heavy atom. The van der Waals surface area contributed by atoms with E-state index < -0.39 is 0 Å². The molecule has 1 heterocycles. The first-order valence-electron chi connectivity index (χ1n) is 17.2. The van der Waals surface area contributed by atoms with Crippen LogP contribution in [0.3, 0.4) is 0 Å². The van der Waals surface area contributed by atoms with E-state index in [0.717, 1.165) is 79.9 Å². The molecule has 1 saturated carbocycles. The fraction of sp³-hybridized carbons (Fsp3) is 0.0652. The van der Waals surface area contributed by atoms with Crippen LogP contribution in [0.5, 0.6) is 0 Å². The van der Waals surface area contributed by atoms with Gasteiger partial charge in [-0.2, -0.15) is 0 Å². The topological polar surface area (TPSA) is 39.1 Å². The van der Waals surface area contributed by atoms with Gasteiger partial charge in [0, 0.05) is 38.9 Å². The van der Waals surface area contributed by atoms with Gasteiger partial charge in [0.2, 0.25) is 0 Å². The lowest BCUT2D eigenvalue weighted by Gasteiger charge is -2.28. The lowest BCUT2D eigenvalue weighted by molar-refractivity contribution is 0.627. The zero-order chi connectivity index (χ0) is 33.6. The summed E-state index contributed by atoms with van der Waals surface area (Å²) in [5.74, 6) is 0.172. The van der Waals surface area contributed by atoms with E-state index >= 15 is 0 Å². The normalized spacial score (nSPS) is 14.9. The van der Waals surface area contributed by atoms with Gasteiger partial charge in [0.05, 0.1) is 22.8 Å². The summed E-state index contributed by atoms with van der Waals surface area (Å²) in [5.41, 5.74) is 9.78. The second-order valence-corrected chi connectivity index (χ2v) is 13.1. The van der Waals surface area contributed by atoms with Crippen molar-refractivity contribution in [3.8, 4) is 0 Å². The maximum absolute atomic E-state index is 14.5. The van der Waals surface area contributed by atoms with Crippen molar-refractivity contribution in [1.82, 2.24) is 5.32 Å². The van der Waals surface area contributed by atoms with E-state index in [0.29, 0.717) is 11.6 Å². The SMILES string of the molecule is N=C(/C(=C1\NC(C2CC2)=Cc2cc(F)ccc21)c1ccccc1)c1ccc(N(c2cccc3ccccc23)c2cccc3ccccc23)cc1. The van der Waals surface area contributed by atoms with Gasteiger partial charge in [0.1, 0.15) is 5.82 Å². The quantitative estimate of drug-likeness (QED) is 0.169. The minimum Gasteiger partial charge on any atom is -0.358 e. The fourth-order valence-electron chi connectivity index (χ4n) is 7.26. The Labute approximate surface area is 291 Å². The van der Waals surface area contributed by atoms with Crippen molar-refractivity contribution in [2.24, 2.45) is 5.92 Å². The molecule has 2 N–H and O–H groups in total. The molecule has 0 spiro atoms. The summed E-state index contributed by atoms with van der Waals surface area (Å²) in [4.78, 5) is 2.33. The molecule has 7 aromatic carbocycles. The summed E-state index contributed by atoms with van der Waals surface area (Å²) >= 11 is 0. The number of anilines is 3. The highest BCUT2D eigenvalue weighted by Gasteiger charge is 2.31. The van der Waals surface area contributed by atoms with Crippen LogP contribution >= 0.6 is 0 Å². The van der Waals surface area contributed by atoms with Crippen molar-refractivity contribution >= 4 is 61.7 Å². The van der Waals surface area contributed by atoms with E-state index in [1.165, 1.54) is 16.8 Å². The van der Waals surface area contributed by atoms with Gasteiger partial charge in [-0.15, -0.1) is 0 Å². The summed E-state index contributed by atoms with van der Waals surface area (Å²) in [5, 5.41) is 18.1. The number of nitrogens with zero attached hydrogens (tertiary/aromatic N) is 1. The van der Waals surface area contributed by atoms with Crippen molar-refractivity contribution < 1.29 is 4.39 Å². The number of rotatable bonds is 7.